The van der Waals surface area contributed by atoms with Crippen LogP contribution in [0.25, 0.3) is 0 Å². The summed E-state index contributed by atoms with van der Waals surface area (Å²) in [6.45, 7) is 6.12. The Bertz CT molecular complexity index is 712. The summed E-state index contributed by atoms with van der Waals surface area (Å²) < 4.78 is 5.80. The van der Waals surface area contributed by atoms with Gasteiger partial charge in [0.1, 0.15) is 6.04 Å². The summed E-state index contributed by atoms with van der Waals surface area (Å²) in [4.78, 5) is 41.9. The summed E-state index contributed by atoms with van der Waals surface area (Å²) in [6.07, 6.45) is 2.47. The van der Waals surface area contributed by atoms with Crippen LogP contribution in [0.1, 0.15) is 53.8 Å². The van der Waals surface area contributed by atoms with Gasteiger partial charge in [0.25, 0.3) is 11.8 Å². The minimum absolute atomic E-state index is 0. The van der Waals surface area contributed by atoms with Gasteiger partial charge in [0, 0.05) is 19.7 Å². The minimum atomic E-state index is -0.790. The maximum Gasteiger partial charge on any atom is 0.262 e. The molecule has 1 aromatic carbocycles. The topological polar surface area (TPSA) is 92.9 Å². The highest BCUT2D eigenvalue weighted by Crippen LogP contribution is 2.28. The number of amides is 3. The number of carbonyl (C=O) groups is 3. The van der Waals surface area contributed by atoms with Crippen molar-refractivity contribution in [1.29, 1.82) is 0 Å². The predicted molar refractivity (Wildman–Crippen MR) is 112 cm³/mol. The molecule has 2 heterocycles. The Balaban J connectivity index is 0.00000300. The molecule has 0 aliphatic carbocycles. The maximum atomic E-state index is 13.3. The summed E-state index contributed by atoms with van der Waals surface area (Å²) in [5.74, 6) is -1.10. The molecule has 1 unspecified atom stereocenters. The number of likely N-dealkylation sites (tertiary alicyclic amines) is 1. The number of hydrogen-bond acceptors (Lipinski definition) is 5. The lowest BCUT2D eigenvalue weighted by Gasteiger charge is -2.37. The molecule has 1 fully saturated rings. The van der Waals surface area contributed by atoms with Gasteiger partial charge in [-0.25, -0.2) is 0 Å². The standard InChI is InChI=1S/C21H29N3O4.ClH/c1-14(2)18(24-19(25)16-6-3-4-7-17(16)20(24)26)21(27)23-11-8-15(9-12-23)28-13-5-10-22;/h3-4,6-7,14-15,18H,5,8-13,22H2,1-2H3;1H. The number of halogens is 1. The molecular weight excluding hydrogens is 394 g/mol. The molecule has 160 valence electrons. The van der Waals surface area contributed by atoms with Crippen molar-refractivity contribution in [2.45, 2.75) is 45.3 Å². The van der Waals surface area contributed by atoms with Gasteiger partial charge in [-0.05, 0) is 43.9 Å². The van der Waals surface area contributed by atoms with E-state index in [4.69, 9.17) is 10.5 Å². The van der Waals surface area contributed by atoms with E-state index in [0.29, 0.717) is 37.4 Å². The molecule has 0 spiro atoms. The number of fused-ring (bicyclic) bond motifs is 1. The average Bonchev–Trinajstić information content (AvgIpc) is 2.94. The first kappa shape index (κ1) is 23.3. The summed E-state index contributed by atoms with van der Waals surface area (Å²) in [5.41, 5.74) is 6.24. The molecule has 0 radical (unpaired) electrons. The molecule has 29 heavy (non-hydrogen) atoms. The highest BCUT2D eigenvalue weighted by atomic mass is 35.5. The molecule has 2 aliphatic rings. The van der Waals surface area contributed by atoms with Gasteiger partial charge in [0.15, 0.2) is 0 Å². The van der Waals surface area contributed by atoms with Crippen molar-refractivity contribution in [3.63, 3.8) is 0 Å². The van der Waals surface area contributed by atoms with Crippen LogP contribution in [0.4, 0.5) is 0 Å². The van der Waals surface area contributed by atoms with Gasteiger partial charge >= 0.3 is 0 Å². The van der Waals surface area contributed by atoms with Gasteiger partial charge in [-0.1, -0.05) is 26.0 Å². The normalized spacial score (nSPS) is 18.1. The third kappa shape index (κ3) is 4.79. The predicted octanol–water partition coefficient (Wildman–Crippen LogP) is 2.09. The van der Waals surface area contributed by atoms with Gasteiger partial charge in [0.2, 0.25) is 5.91 Å². The highest BCUT2D eigenvalue weighted by Gasteiger charge is 2.45. The third-order valence-corrected chi connectivity index (χ3v) is 5.44. The number of rotatable bonds is 7. The summed E-state index contributed by atoms with van der Waals surface area (Å²) in [6, 6.07) is 5.95. The summed E-state index contributed by atoms with van der Waals surface area (Å²) >= 11 is 0. The van der Waals surface area contributed by atoms with E-state index in [2.05, 4.69) is 0 Å². The Morgan fingerprint density at radius 1 is 1.14 bits per heavy atom. The highest BCUT2D eigenvalue weighted by molar-refractivity contribution is 6.22. The second kappa shape index (κ2) is 10.2. The van der Waals surface area contributed by atoms with E-state index < -0.39 is 6.04 Å². The largest absolute Gasteiger partial charge is 0.378 e. The Morgan fingerprint density at radius 2 is 1.69 bits per heavy atom. The number of nitrogens with zero attached hydrogens (tertiary/aromatic N) is 2. The van der Waals surface area contributed by atoms with E-state index in [1.165, 1.54) is 0 Å². The lowest BCUT2D eigenvalue weighted by Crippen LogP contribution is -2.55. The Labute approximate surface area is 178 Å². The van der Waals surface area contributed by atoms with Crippen LogP contribution >= 0.6 is 12.4 Å². The molecule has 1 saturated heterocycles. The van der Waals surface area contributed by atoms with Crippen LogP contribution in [0.5, 0.6) is 0 Å². The molecule has 7 nitrogen and oxygen atoms in total. The van der Waals surface area contributed by atoms with E-state index in [1.807, 2.05) is 13.8 Å². The second-order valence-corrected chi connectivity index (χ2v) is 7.75. The Kier molecular flexibility index (Phi) is 8.19. The smallest absolute Gasteiger partial charge is 0.262 e. The molecule has 3 rings (SSSR count). The first-order chi connectivity index (χ1) is 13.5. The average molecular weight is 424 g/mol. The van der Waals surface area contributed by atoms with E-state index in [9.17, 15) is 14.4 Å². The number of ether oxygens (including phenoxy) is 1. The number of imide groups is 1. The Morgan fingerprint density at radius 3 is 2.17 bits per heavy atom. The van der Waals surface area contributed by atoms with Crippen LogP contribution in [0.2, 0.25) is 0 Å². The molecule has 2 aliphatic heterocycles. The zero-order chi connectivity index (χ0) is 20.3. The van der Waals surface area contributed by atoms with Crippen molar-refractivity contribution in [2.75, 3.05) is 26.2 Å². The molecule has 1 aromatic rings. The lowest BCUT2D eigenvalue weighted by atomic mass is 9.98. The number of benzene rings is 1. The molecule has 0 saturated carbocycles. The zero-order valence-corrected chi connectivity index (χ0v) is 17.8. The van der Waals surface area contributed by atoms with Crippen molar-refractivity contribution in [2.24, 2.45) is 11.7 Å². The van der Waals surface area contributed by atoms with Crippen LogP contribution in [0.3, 0.4) is 0 Å². The van der Waals surface area contributed by atoms with Gasteiger partial charge in [-0.2, -0.15) is 0 Å². The number of carbonyl (C=O) groups excluding carboxylic acids is 3. The summed E-state index contributed by atoms with van der Waals surface area (Å²) in [7, 11) is 0. The van der Waals surface area contributed by atoms with Crippen LogP contribution in [0.15, 0.2) is 24.3 Å². The number of hydrogen-bond donors (Lipinski definition) is 1. The SMILES string of the molecule is CC(C)C(C(=O)N1CCC(OCCCN)CC1)N1C(=O)c2ccccc2C1=O.Cl. The van der Waals surface area contributed by atoms with Crippen LogP contribution in [0, 0.1) is 5.92 Å². The third-order valence-electron chi connectivity index (χ3n) is 5.44. The molecule has 1 atom stereocenters. The van der Waals surface area contributed by atoms with Gasteiger partial charge in [0.05, 0.1) is 17.2 Å². The van der Waals surface area contributed by atoms with Crippen LogP contribution in [-0.4, -0.2) is 65.9 Å². The molecular formula is C21H30ClN3O4. The number of piperidine rings is 1. The molecule has 8 heteroatoms. The monoisotopic (exact) mass is 423 g/mol. The maximum absolute atomic E-state index is 13.3. The molecule has 2 N–H and O–H groups in total. The minimum Gasteiger partial charge on any atom is -0.378 e. The van der Waals surface area contributed by atoms with E-state index >= 15 is 0 Å². The first-order valence-electron chi connectivity index (χ1n) is 10.0. The zero-order valence-electron chi connectivity index (χ0n) is 17.0. The van der Waals surface area contributed by atoms with Crippen molar-refractivity contribution >= 4 is 30.1 Å². The number of nitrogens with two attached hydrogens (primary N) is 1. The van der Waals surface area contributed by atoms with Crippen molar-refractivity contribution in [1.82, 2.24) is 9.80 Å². The van der Waals surface area contributed by atoms with E-state index in [-0.39, 0.29) is 42.2 Å². The van der Waals surface area contributed by atoms with Crippen LogP contribution < -0.4 is 5.73 Å². The Hall–Kier alpha value is -1.96. The fourth-order valence-electron chi connectivity index (χ4n) is 3.92. The lowest BCUT2D eigenvalue weighted by molar-refractivity contribution is -0.139. The fraction of sp³-hybridized carbons (Fsp3) is 0.571. The quantitative estimate of drug-likeness (QED) is 0.535. The van der Waals surface area contributed by atoms with Gasteiger partial charge in [-0.15, -0.1) is 12.4 Å². The van der Waals surface area contributed by atoms with Crippen molar-refractivity contribution in [3.8, 4) is 0 Å². The molecule has 3 amide bonds. The van der Waals surface area contributed by atoms with E-state index in [0.717, 1.165) is 24.2 Å². The van der Waals surface area contributed by atoms with E-state index in [1.54, 1.807) is 29.2 Å². The van der Waals surface area contributed by atoms with Crippen molar-refractivity contribution < 1.29 is 19.1 Å². The second-order valence-electron chi connectivity index (χ2n) is 7.75. The fourth-order valence-corrected chi connectivity index (χ4v) is 3.92. The van der Waals surface area contributed by atoms with Crippen LogP contribution in [-0.2, 0) is 9.53 Å². The molecule has 0 aromatic heterocycles. The molecule has 0 bridgehead atoms. The van der Waals surface area contributed by atoms with Gasteiger partial charge < -0.3 is 15.4 Å². The summed E-state index contributed by atoms with van der Waals surface area (Å²) in [5, 5.41) is 0. The first-order valence-corrected chi connectivity index (χ1v) is 10.0. The van der Waals surface area contributed by atoms with Gasteiger partial charge in [-0.3, -0.25) is 19.3 Å². The van der Waals surface area contributed by atoms with Crippen molar-refractivity contribution in [3.05, 3.63) is 35.4 Å².